The number of hydrogen-bond acceptors (Lipinski definition) is 4. The molecule has 3 N–H and O–H groups in total. The van der Waals surface area contributed by atoms with Gasteiger partial charge in [-0.15, -0.1) is 0 Å². The molecule has 5 heteroatoms. The molecule has 0 aliphatic heterocycles. The van der Waals surface area contributed by atoms with E-state index in [0.29, 0.717) is 27.6 Å². The van der Waals surface area contributed by atoms with Crippen LogP contribution >= 0.6 is 11.6 Å². The first-order valence-corrected chi connectivity index (χ1v) is 4.94. The van der Waals surface area contributed by atoms with E-state index in [1.165, 1.54) is 0 Å². The van der Waals surface area contributed by atoms with Crippen molar-refractivity contribution in [3.05, 3.63) is 28.6 Å². The van der Waals surface area contributed by atoms with Crippen LogP contribution in [0.1, 0.15) is 17.6 Å². The van der Waals surface area contributed by atoms with Gasteiger partial charge >= 0.3 is 0 Å². The normalized spacial score (nSPS) is 13.3. The summed E-state index contributed by atoms with van der Waals surface area (Å²) in [5, 5.41) is 10.0. The van der Waals surface area contributed by atoms with E-state index in [1.807, 2.05) is 0 Å². The Bertz CT molecular complexity index is 495. The van der Waals surface area contributed by atoms with Gasteiger partial charge in [-0.25, -0.2) is 4.98 Å². The van der Waals surface area contributed by atoms with Crippen LogP contribution in [-0.4, -0.2) is 16.6 Å². The van der Waals surface area contributed by atoms with Gasteiger partial charge in [-0.2, -0.15) is 0 Å². The maximum Gasteiger partial charge on any atom is 0.192 e. The molecule has 4 nitrogen and oxygen atoms in total. The molecule has 1 aromatic carbocycles. The highest BCUT2D eigenvalue weighted by molar-refractivity contribution is 6.34. The number of rotatable bonds is 2. The Morgan fingerprint density at radius 1 is 1.60 bits per heavy atom. The van der Waals surface area contributed by atoms with Gasteiger partial charge in [-0.05, 0) is 17.7 Å². The van der Waals surface area contributed by atoms with Gasteiger partial charge < -0.3 is 15.3 Å². The van der Waals surface area contributed by atoms with Crippen LogP contribution in [0, 0.1) is 6.92 Å². The lowest BCUT2D eigenvalue weighted by Gasteiger charge is -2.07. The number of aryl methyl sites for hydroxylation is 1. The molecular weight excluding hydrogens is 216 g/mol. The van der Waals surface area contributed by atoms with Gasteiger partial charge in [0.2, 0.25) is 0 Å². The first-order valence-electron chi connectivity index (χ1n) is 4.56. The van der Waals surface area contributed by atoms with Crippen LogP contribution in [0.15, 0.2) is 16.5 Å². The molecule has 0 fully saturated rings. The Morgan fingerprint density at radius 3 is 3.00 bits per heavy atom. The van der Waals surface area contributed by atoms with Crippen LogP contribution in [0.25, 0.3) is 11.1 Å². The van der Waals surface area contributed by atoms with Gasteiger partial charge in [-0.3, -0.25) is 0 Å². The Kier molecular flexibility index (Phi) is 2.65. The maximum absolute atomic E-state index is 9.57. The molecule has 15 heavy (non-hydrogen) atoms. The number of benzene rings is 1. The van der Waals surface area contributed by atoms with Crippen molar-refractivity contribution in [2.24, 2.45) is 5.73 Å². The summed E-state index contributed by atoms with van der Waals surface area (Å²) in [5.41, 5.74) is 7.19. The predicted molar refractivity (Wildman–Crippen MR) is 57.8 cm³/mol. The van der Waals surface area contributed by atoms with Crippen LogP contribution < -0.4 is 5.73 Å². The molecule has 1 atom stereocenters. The molecule has 0 bridgehead atoms. The fourth-order valence-electron chi connectivity index (χ4n) is 1.45. The zero-order chi connectivity index (χ0) is 11.0. The monoisotopic (exact) mass is 226 g/mol. The van der Waals surface area contributed by atoms with Gasteiger partial charge in [0.25, 0.3) is 0 Å². The minimum atomic E-state index is -0.725. The van der Waals surface area contributed by atoms with Crippen LogP contribution in [0.4, 0.5) is 0 Å². The third kappa shape index (κ3) is 1.84. The molecular formula is C10H11ClN2O2. The Labute approximate surface area is 91.7 Å². The van der Waals surface area contributed by atoms with Crippen molar-refractivity contribution in [1.82, 2.24) is 4.98 Å². The number of hydrogen-bond donors (Lipinski definition) is 2. The summed E-state index contributed by atoms with van der Waals surface area (Å²) in [6.45, 7) is 1.89. The number of fused-ring (bicyclic) bond motifs is 1. The number of aliphatic hydroxyl groups excluding tert-OH is 1. The third-order valence-corrected chi connectivity index (χ3v) is 2.47. The standard InChI is InChI=1S/C10H11ClN2O2/c1-5-13-10-7(11)2-6(8(14)4-12)3-9(10)15-5/h2-3,8,14H,4,12H2,1H3. The summed E-state index contributed by atoms with van der Waals surface area (Å²) < 4.78 is 5.34. The number of halogens is 1. The van der Waals surface area contributed by atoms with E-state index in [0.717, 1.165) is 0 Å². The molecule has 0 aliphatic carbocycles. The molecule has 0 saturated carbocycles. The van der Waals surface area contributed by atoms with Crippen LogP contribution in [0.5, 0.6) is 0 Å². The average molecular weight is 227 g/mol. The number of oxazole rings is 1. The second-order valence-electron chi connectivity index (χ2n) is 3.33. The van der Waals surface area contributed by atoms with Crippen molar-refractivity contribution in [3.63, 3.8) is 0 Å². The van der Waals surface area contributed by atoms with E-state index in [9.17, 15) is 5.11 Å². The minimum Gasteiger partial charge on any atom is -0.441 e. The van der Waals surface area contributed by atoms with Crippen molar-refractivity contribution < 1.29 is 9.52 Å². The highest BCUT2D eigenvalue weighted by Gasteiger charge is 2.12. The first-order chi connectivity index (χ1) is 7.11. The van der Waals surface area contributed by atoms with Crippen molar-refractivity contribution in [3.8, 4) is 0 Å². The van der Waals surface area contributed by atoms with E-state index >= 15 is 0 Å². The summed E-state index contributed by atoms with van der Waals surface area (Å²) in [6, 6.07) is 3.36. The molecule has 1 heterocycles. The Hall–Kier alpha value is -1.10. The van der Waals surface area contributed by atoms with Crippen LogP contribution in [0.2, 0.25) is 5.02 Å². The fourth-order valence-corrected chi connectivity index (χ4v) is 1.71. The highest BCUT2D eigenvalue weighted by atomic mass is 35.5. The van der Waals surface area contributed by atoms with Crippen molar-refractivity contribution in [2.45, 2.75) is 13.0 Å². The Morgan fingerprint density at radius 2 is 2.33 bits per heavy atom. The predicted octanol–water partition coefficient (Wildman–Crippen LogP) is 1.78. The molecule has 0 amide bonds. The molecule has 0 spiro atoms. The van der Waals surface area contributed by atoms with Crippen molar-refractivity contribution in [2.75, 3.05) is 6.54 Å². The second-order valence-corrected chi connectivity index (χ2v) is 3.74. The SMILES string of the molecule is Cc1nc2c(Cl)cc(C(O)CN)cc2o1. The van der Waals surface area contributed by atoms with E-state index in [1.54, 1.807) is 19.1 Å². The second kappa shape index (κ2) is 3.81. The molecule has 0 saturated heterocycles. The number of nitrogens with two attached hydrogens (primary N) is 1. The molecule has 2 aromatic rings. The van der Waals surface area contributed by atoms with Gasteiger partial charge in [0.1, 0.15) is 5.52 Å². The van der Waals surface area contributed by atoms with E-state index in [-0.39, 0.29) is 6.54 Å². The maximum atomic E-state index is 9.57. The average Bonchev–Trinajstić information content (AvgIpc) is 2.58. The molecule has 0 radical (unpaired) electrons. The smallest absolute Gasteiger partial charge is 0.192 e. The van der Waals surface area contributed by atoms with Gasteiger partial charge in [0.05, 0.1) is 11.1 Å². The van der Waals surface area contributed by atoms with E-state index in [4.69, 9.17) is 21.8 Å². The van der Waals surface area contributed by atoms with Gasteiger partial charge in [-0.1, -0.05) is 11.6 Å². The van der Waals surface area contributed by atoms with Gasteiger partial charge in [0.15, 0.2) is 11.5 Å². The van der Waals surface area contributed by atoms with Crippen LogP contribution in [0.3, 0.4) is 0 Å². The number of nitrogens with zero attached hydrogens (tertiary/aromatic N) is 1. The summed E-state index contributed by atoms with van der Waals surface area (Å²) >= 11 is 6.00. The molecule has 1 unspecified atom stereocenters. The molecule has 80 valence electrons. The van der Waals surface area contributed by atoms with Crippen LogP contribution in [-0.2, 0) is 0 Å². The van der Waals surface area contributed by atoms with E-state index < -0.39 is 6.10 Å². The topological polar surface area (TPSA) is 72.3 Å². The zero-order valence-electron chi connectivity index (χ0n) is 8.20. The highest BCUT2D eigenvalue weighted by Crippen LogP contribution is 2.28. The lowest BCUT2D eigenvalue weighted by atomic mass is 10.1. The molecule has 1 aromatic heterocycles. The van der Waals surface area contributed by atoms with Gasteiger partial charge in [0, 0.05) is 13.5 Å². The zero-order valence-corrected chi connectivity index (χ0v) is 8.95. The third-order valence-electron chi connectivity index (χ3n) is 2.19. The summed E-state index contributed by atoms with van der Waals surface area (Å²) in [6.07, 6.45) is -0.725. The number of aliphatic hydroxyl groups is 1. The summed E-state index contributed by atoms with van der Waals surface area (Å²) in [4.78, 5) is 4.13. The largest absolute Gasteiger partial charge is 0.441 e. The van der Waals surface area contributed by atoms with Crippen molar-refractivity contribution >= 4 is 22.7 Å². The quantitative estimate of drug-likeness (QED) is 0.819. The van der Waals surface area contributed by atoms with E-state index in [2.05, 4.69) is 4.98 Å². The summed E-state index contributed by atoms with van der Waals surface area (Å²) in [7, 11) is 0. The lowest BCUT2D eigenvalue weighted by Crippen LogP contribution is -2.11. The fraction of sp³-hybridized carbons (Fsp3) is 0.300. The molecule has 2 rings (SSSR count). The molecule has 0 aliphatic rings. The minimum absolute atomic E-state index is 0.148. The summed E-state index contributed by atoms with van der Waals surface area (Å²) in [5.74, 6) is 0.547. The number of aromatic nitrogens is 1. The van der Waals surface area contributed by atoms with Crippen molar-refractivity contribution in [1.29, 1.82) is 0 Å². The lowest BCUT2D eigenvalue weighted by molar-refractivity contribution is 0.187. The first kappa shape index (κ1) is 10.4. The Balaban J connectivity index is 2.61.